The highest BCUT2D eigenvalue weighted by Gasteiger charge is 2.24. The van der Waals surface area contributed by atoms with Crippen molar-refractivity contribution in [2.45, 2.75) is 11.4 Å². The zero-order valence-electron chi connectivity index (χ0n) is 15.3. The number of ether oxygens (including phenoxy) is 1. The summed E-state index contributed by atoms with van der Waals surface area (Å²) in [6, 6.07) is 12.4. The summed E-state index contributed by atoms with van der Waals surface area (Å²) in [7, 11) is -2.92. The molecule has 0 aliphatic heterocycles. The molecule has 10 heteroatoms. The summed E-state index contributed by atoms with van der Waals surface area (Å²) in [4.78, 5) is 11.9. The minimum absolute atomic E-state index is 0.00450. The highest BCUT2D eigenvalue weighted by Crippen LogP contribution is 2.32. The maximum absolute atomic E-state index is 12.9. The second kappa shape index (κ2) is 8.46. The molecule has 0 radical (unpaired) electrons. The van der Waals surface area contributed by atoms with Gasteiger partial charge in [0.1, 0.15) is 10.7 Å². The Bertz CT molecular complexity index is 1130. The number of furan rings is 1. The van der Waals surface area contributed by atoms with E-state index in [4.69, 9.17) is 26.5 Å². The second-order valence-electron chi connectivity index (χ2n) is 5.95. The molecule has 3 aromatic rings. The van der Waals surface area contributed by atoms with Gasteiger partial charge in [-0.25, -0.2) is 13.2 Å². The van der Waals surface area contributed by atoms with Crippen LogP contribution in [0.1, 0.15) is 16.1 Å². The van der Waals surface area contributed by atoms with E-state index in [9.17, 15) is 13.2 Å². The van der Waals surface area contributed by atoms with Crippen LogP contribution in [-0.4, -0.2) is 21.5 Å². The molecule has 1 aromatic heterocycles. The predicted octanol–water partition coefficient (Wildman–Crippen LogP) is 3.71. The number of para-hydroxylation sites is 2. The number of hydrogen-bond donors (Lipinski definition) is 3. The van der Waals surface area contributed by atoms with Crippen molar-refractivity contribution in [1.29, 1.82) is 0 Å². The van der Waals surface area contributed by atoms with Crippen LogP contribution in [0.5, 0.6) is 0 Å². The van der Waals surface area contributed by atoms with Crippen LogP contribution >= 0.6 is 11.6 Å². The van der Waals surface area contributed by atoms with Gasteiger partial charge < -0.3 is 20.2 Å². The van der Waals surface area contributed by atoms with Crippen molar-refractivity contribution in [2.24, 2.45) is 0 Å². The van der Waals surface area contributed by atoms with Gasteiger partial charge in [-0.3, -0.25) is 4.72 Å². The predicted molar refractivity (Wildman–Crippen MR) is 110 cm³/mol. The van der Waals surface area contributed by atoms with Crippen LogP contribution in [0.4, 0.5) is 17.1 Å². The summed E-state index contributed by atoms with van der Waals surface area (Å²) >= 11 is 6.23. The highest BCUT2D eigenvalue weighted by molar-refractivity contribution is 7.92. The smallest absolute Gasteiger partial charge is 0.340 e. The summed E-state index contributed by atoms with van der Waals surface area (Å²) in [6.45, 7) is 0.262. The molecule has 3 rings (SSSR count). The fourth-order valence-electron chi connectivity index (χ4n) is 2.57. The van der Waals surface area contributed by atoms with E-state index in [1.807, 2.05) is 0 Å². The maximum Gasteiger partial charge on any atom is 0.340 e. The molecule has 0 unspecified atom stereocenters. The van der Waals surface area contributed by atoms with Gasteiger partial charge in [-0.05, 0) is 36.4 Å². The number of carbonyl (C=O) groups is 1. The van der Waals surface area contributed by atoms with Crippen LogP contribution in [0.15, 0.2) is 64.1 Å². The number of sulfonamides is 1. The van der Waals surface area contributed by atoms with Crippen LogP contribution in [0, 0.1) is 0 Å². The molecule has 0 amide bonds. The lowest BCUT2D eigenvalue weighted by Crippen LogP contribution is -2.17. The Labute approximate surface area is 172 Å². The molecule has 0 bridgehead atoms. The van der Waals surface area contributed by atoms with Crippen LogP contribution in [-0.2, 0) is 21.3 Å². The van der Waals surface area contributed by atoms with Crippen LogP contribution < -0.4 is 15.8 Å². The van der Waals surface area contributed by atoms with E-state index >= 15 is 0 Å². The van der Waals surface area contributed by atoms with Crippen molar-refractivity contribution in [2.75, 3.05) is 22.9 Å². The van der Waals surface area contributed by atoms with E-state index in [1.54, 1.807) is 30.3 Å². The van der Waals surface area contributed by atoms with Gasteiger partial charge in [-0.15, -0.1) is 0 Å². The Balaban J connectivity index is 1.98. The summed E-state index contributed by atoms with van der Waals surface area (Å²) in [6.07, 6.45) is 1.52. The summed E-state index contributed by atoms with van der Waals surface area (Å²) in [5, 5.41) is 2.91. The van der Waals surface area contributed by atoms with Crippen molar-refractivity contribution < 1.29 is 22.4 Å². The van der Waals surface area contributed by atoms with Gasteiger partial charge in [0, 0.05) is 0 Å². The first kappa shape index (κ1) is 20.6. The van der Waals surface area contributed by atoms with Crippen molar-refractivity contribution >= 4 is 44.7 Å². The molecule has 8 nitrogen and oxygen atoms in total. The molecule has 0 aliphatic carbocycles. The fraction of sp³-hybridized carbons (Fsp3) is 0.105. The topological polar surface area (TPSA) is 124 Å². The first-order chi connectivity index (χ1) is 13.8. The molecule has 0 aliphatic rings. The Morgan fingerprint density at radius 3 is 2.59 bits per heavy atom. The highest BCUT2D eigenvalue weighted by atomic mass is 35.5. The number of anilines is 3. The molecular formula is C19H18ClN3O5S. The Morgan fingerprint density at radius 1 is 1.17 bits per heavy atom. The lowest BCUT2D eigenvalue weighted by molar-refractivity contribution is 0.0601. The van der Waals surface area contributed by atoms with E-state index in [1.165, 1.54) is 25.5 Å². The third-order valence-corrected chi connectivity index (χ3v) is 5.84. The largest absolute Gasteiger partial charge is 0.467 e. The average molecular weight is 436 g/mol. The summed E-state index contributed by atoms with van der Waals surface area (Å²) in [5.41, 5.74) is 6.55. The molecule has 29 heavy (non-hydrogen) atoms. The Morgan fingerprint density at radius 2 is 1.93 bits per heavy atom. The van der Waals surface area contributed by atoms with Crippen LogP contribution in [0.2, 0.25) is 5.02 Å². The molecule has 0 saturated carbocycles. The first-order valence-corrected chi connectivity index (χ1v) is 10.2. The van der Waals surface area contributed by atoms with Crippen molar-refractivity contribution in [3.05, 3.63) is 71.1 Å². The molecule has 1 heterocycles. The van der Waals surface area contributed by atoms with E-state index in [0.29, 0.717) is 11.4 Å². The second-order valence-corrected chi connectivity index (χ2v) is 8.00. The minimum atomic E-state index is -4.12. The van der Waals surface area contributed by atoms with Gasteiger partial charge in [0.15, 0.2) is 0 Å². The first-order valence-electron chi connectivity index (χ1n) is 8.37. The van der Waals surface area contributed by atoms with E-state index in [0.717, 1.165) is 6.07 Å². The van der Waals surface area contributed by atoms with Crippen molar-refractivity contribution in [3.63, 3.8) is 0 Å². The normalized spacial score (nSPS) is 11.1. The summed E-state index contributed by atoms with van der Waals surface area (Å²) in [5.74, 6) is -0.103. The number of nitrogens with two attached hydrogens (primary N) is 1. The molecule has 0 fully saturated rings. The zero-order valence-corrected chi connectivity index (χ0v) is 16.9. The third-order valence-electron chi connectivity index (χ3n) is 4.01. The molecule has 0 spiro atoms. The fourth-order valence-corrected chi connectivity index (χ4v) is 4.21. The quantitative estimate of drug-likeness (QED) is 0.381. The number of halogens is 1. The van der Waals surface area contributed by atoms with Crippen LogP contribution in [0.3, 0.4) is 0 Å². The number of nitrogen functional groups attached to an aromatic ring is 1. The number of nitrogens with one attached hydrogen (secondary N) is 2. The number of benzene rings is 2. The molecule has 0 saturated heterocycles. The van der Waals surface area contributed by atoms with Crippen LogP contribution in [0.25, 0.3) is 0 Å². The van der Waals surface area contributed by atoms with Gasteiger partial charge in [-0.1, -0.05) is 23.7 Å². The molecular weight excluding hydrogens is 418 g/mol. The van der Waals surface area contributed by atoms with Crippen molar-refractivity contribution in [1.82, 2.24) is 0 Å². The van der Waals surface area contributed by atoms with Gasteiger partial charge >= 0.3 is 5.97 Å². The SMILES string of the molecule is COC(=O)c1cc(S(=O)(=O)Nc2ccccc2N)c(Cl)cc1NCc1ccco1. The number of methoxy groups -OCH3 is 1. The minimum Gasteiger partial charge on any atom is -0.467 e. The number of hydrogen-bond acceptors (Lipinski definition) is 7. The lowest BCUT2D eigenvalue weighted by atomic mass is 10.1. The van der Waals surface area contributed by atoms with Crippen molar-refractivity contribution in [3.8, 4) is 0 Å². The van der Waals surface area contributed by atoms with E-state index < -0.39 is 16.0 Å². The standard InChI is InChI=1S/C19H18ClN3O5S/c1-27-19(24)13-9-18(29(25,26)23-16-7-3-2-6-15(16)21)14(20)10-17(13)22-11-12-5-4-8-28-12/h2-10,22-23H,11,21H2,1H3. The number of carbonyl (C=O) groups excluding carboxylic acids is 1. The lowest BCUT2D eigenvalue weighted by Gasteiger charge is -2.15. The number of rotatable bonds is 7. The number of esters is 1. The Hall–Kier alpha value is -3.17. The van der Waals surface area contributed by atoms with Gasteiger partial charge in [0.25, 0.3) is 10.0 Å². The average Bonchev–Trinajstić information content (AvgIpc) is 3.21. The van der Waals surface area contributed by atoms with Gasteiger partial charge in [0.2, 0.25) is 0 Å². The monoisotopic (exact) mass is 435 g/mol. The molecule has 152 valence electrons. The molecule has 4 N–H and O–H groups in total. The maximum atomic E-state index is 12.9. The van der Waals surface area contributed by atoms with E-state index in [2.05, 4.69) is 10.0 Å². The van der Waals surface area contributed by atoms with Gasteiger partial charge in [0.05, 0.1) is 47.6 Å². The summed E-state index contributed by atoms with van der Waals surface area (Å²) < 4.78 is 38.1. The van der Waals surface area contributed by atoms with Gasteiger partial charge in [-0.2, -0.15) is 0 Å². The molecule has 2 aromatic carbocycles. The van der Waals surface area contributed by atoms with E-state index in [-0.39, 0.29) is 33.4 Å². The Kier molecular flexibility index (Phi) is 6.00. The zero-order chi connectivity index (χ0) is 21.0. The third kappa shape index (κ3) is 4.64. The molecule has 0 atom stereocenters.